The summed E-state index contributed by atoms with van der Waals surface area (Å²) >= 11 is 0. The van der Waals surface area contributed by atoms with Crippen molar-refractivity contribution in [2.75, 3.05) is 18.1 Å². The Hall–Kier alpha value is -0.870. The lowest BCUT2D eigenvalue weighted by molar-refractivity contribution is 0.591. The number of sulfone groups is 1. The lowest BCUT2D eigenvalue weighted by Gasteiger charge is -2.03. The van der Waals surface area contributed by atoms with Gasteiger partial charge in [0.1, 0.15) is 0 Å². The molecule has 3 nitrogen and oxygen atoms in total. The van der Waals surface area contributed by atoms with Gasteiger partial charge in [0, 0.05) is 6.54 Å². The van der Waals surface area contributed by atoms with E-state index in [-0.39, 0.29) is 18.1 Å². The van der Waals surface area contributed by atoms with Crippen LogP contribution in [-0.2, 0) is 16.3 Å². The molecule has 4 heteroatoms. The topological polar surface area (TPSA) is 60.2 Å². The molecule has 0 unspecified atom stereocenters. The summed E-state index contributed by atoms with van der Waals surface area (Å²) in [5.41, 5.74) is 6.49. The van der Waals surface area contributed by atoms with Crippen molar-refractivity contribution in [3.8, 4) is 0 Å². The van der Waals surface area contributed by atoms with Crippen molar-refractivity contribution in [2.24, 2.45) is 5.73 Å². The third kappa shape index (κ3) is 5.28. The highest BCUT2D eigenvalue weighted by molar-refractivity contribution is 7.91. The first-order valence-electron chi connectivity index (χ1n) is 5.58. The molecule has 16 heavy (non-hydrogen) atoms. The molecule has 0 amide bonds. The normalized spacial score (nSPS) is 11.6. The monoisotopic (exact) mass is 241 g/mol. The van der Waals surface area contributed by atoms with Crippen LogP contribution in [0.15, 0.2) is 30.3 Å². The number of unbranched alkanes of at least 4 members (excludes halogenated alkanes) is 1. The van der Waals surface area contributed by atoms with Crippen molar-refractivity contribution in [3.63, 3.8) is 0 Å². The molecule has 0 fully saturated rings. The van der Waals surface area contributed by atoms with E-state index in [2.05, 4.69) is 12.1 Å². The first-order valence-corrected chi connectivity index (χ1v) is 7.40. The van der Waals surface area contributed by atoms with Crippen LogP contribution in [0.1, 0.15) is 18.4 Å². The minimum absolute atomic E-state index is 0.109. The summed E-state index contributed by atoms with van der Waals surface area (Å²) in [4.78, 5) is 0. The summed E-state index contributed by atoms with van der Waals surface area (Å²) in [5, 5.41) is 0. The zero-order chi connectivity index (χ0) is 11.9. The molecule has 0 saturated heterocycles. The minimum Gasteiger partial charge on any atom is -0.329 e. The van der Waals surface area contributed by atoms with Gasteiger partial charge in [-0.25, -0.2) is 8.42 Å². The van der Waals surface area contributed by atoms with E-state index in [0.717, 1.165) is 19.3 Å². The van der Waals surface area contributed by atoms with Crippen LogP contribution in [0.2, 0.25) is 0 Å². The van der Waals surface area contributed by atoms with Gasteiger partial charge in [-0.15, -0.1) is 0 Å². The quantitative estimate of drug-likeness (QED) is 0.734. The van der Waals surface area contributed by atoms with Gasteiger partial charge in [0.05, 0.1) is 11.5 Å². The number of nitrogens with two attached hydrogens (primary N) is 1. The Balaban J connectivity index is 2.22. The predicted octanol–water partition coefficient (Wildman–Crippen LogP) is 1.38. The molecule has 90 valence electrons. The van der Waals surface area contributed by atoms with E-state index in [9.17, 15) is 8.42 Å². The highest BCUT2D eigenvalue weighted by atomic mass is 32.2. The average Bonchev–Trinajstić information content (AvgIpc) is 2.26. The Kier molecular flexibility index (Phi) is 5.49. The van der Waals surface area contributed by atoms with E-state index in [1.54, 1.807) is 0 Å². The molecular formula is C12H19NO2S. The third-order valence-electron chi connectivity index (χ3n) is 2.44. The fourth-order valence-corrected chi connectivity index (χ4v) is 2.78. The fraction of sp³-hybridized carbons (Fsp3) is 0.500. The van der Waals surface area contributed by atoms with Crippen LogP contribution in [0.3, 0.4) is 0 Å². The van der Waals surface area contributed by atoms with Gasteiger partial charge in [-0.3, -0.25) is 0 Å². The van der Waals surface area contributed by atoms with Gasteiger partial charge in [0.25, 0.3) is 0 Å². The number of aryl methyl sites for hydroxylation is 1. The maximum absolute atomic E-state index is 11.4. The maximum Gasteiger partial charge on any atom is 0.151 e. The number of hydrogen-bond donors (Lipinski definition) is 1. The standard InChI is InChI=1S/C12H19NO2S/c13-9-11-16(14,15)10-5-4-8-12-6-2-1-3-7-12/h1-3,6-7H,4-5,8-11,13H2. The van der Waals surface area contributed by atoms with Crippen LogP contribution >= 0.6 is 0 Å². The van der Waals surface area contributed by atoms with Crippen LogP contribution in [0, 0.1) is 0 Å². The number of benzene rings is 1. The average molecular weight is 241 g/mol. The van der Waals surface area contributed by atoms with Crippen molar-refractivity contribution < 1.29 is 8.42 Å². The lowest BCUT2D eigenvalue weighted by atomic mass is 10.1. The Morgan fingerprint density at radius 3 is 2.31 bits per heavy atom. The molecule has 0 aliphatic rings. The summed E-state index contributed by atoms with van der Waals surface area (Å²) in [7, 11) is -2.91. The zero-order valence-electron chi connectivity index (χ0n) is 9.43. The van der Waals surface area contributed by atoms with Crippen molar-refractivity contribution in [3.05, 3.63) is 35.9 Å². The summed E-state index contributed by atoms with van der Waals surface area (Å²) in [6.07, 6.45) is 2.57. The van der Waals surface area contributed by atoms with E-state index in [1.165, 1.54) is 5.56 Å². The molecule has 0 bridgehead atoms. The van der Waals surface area contributed by atoms with Gasteiger partial charge >= 0.3 is 0 Å². The molecule has 1 aromatic rings. The molecular weight excluding hydrogens is 222 g/mol. The second kappa shape index (κ2) is 6.66. The van der Waals surface area contributed by atoms with Crippen molar-refractivity contribution in [1.82, 2.24) is 0 Å². The minimum atomic E-state index is -2.91. The summed E-state index contributed by atoms with van der Waals surface area (Å²) < 4.78 is 22.7. The Morgan fingerprint density at radius 1 is 1.00 bits per heavy atom. The molecule has 1 aromatic carbocycles. The van der Waals surface area contributed by atoms with E-state index < -0.39 is 9.84 Å². The molecule has 0 aliphatic carbocycles. The van der Waals surface area contributed by atoms with Gasteiger partial charge in [-0.2, -0.15) is 0 Å². The molecule has 2 N–H and O–H groups in total. The SMILES string of the molecule is NCCS(=O)(=O)CCCCc1ccccc1. The molecule has 0 heterocycles. The summed E-state index contributed by atoms with van der Waals surface area (Å²) in [5.74, 6) is 0.370. The lowest BCUT2D eigenvalue weighted by Crippen LogP contribution is -2.18. The molecule has 1 rings (SSSR count). The van der Waals surface area contributed by atoms with Crippen LogP contribution in [0.25, 0.3) is 0 Å². The fourth-order valence-electron chi connectivity index (χ4n) is 1.58. The Morgan fingerprint density at radius 2 is 1.69 bits per heavy atom. The molecule has 0 atom stereocenters. The Labute approximate surface area is 97.6 Å². The number of hydrogen-bond acceptors (Lipinski definition) is 3. The van der Waals surface area contributed by atoms with Gasteiger partial charge in [0.2, 0.25) is 0 Å². The third-order valence-corrected chi connectivity index (χ3v) is 4.21. The zero-order valence-corrected chi connectivity index (χ0v) is 10.2. The smallest absolute Gasteiger partial charge is 0.151 e. The molecule has 0 radical (unpaired) electrons. The second-order valence-corrected chi connectivity index (χ2v) is 6.19. The number of rotatable bonds is 7. The van der Waals surface area contributed by atoms with Crippen molar-refractivity contribution in [2.45, 2.75) is 19.3 Å². The molecule has 0 aromatic heterocycles. The van der Waals surface area contributed by atoms with Crippen LogP contribution in [0.4, 0.5) is 0 Å². The highest BCUT2D eigenvalue weighted by Crippen LogP contribution is 2.05. The highest BCUT2D eigenvalue weighted by Gasteiger charge is 2.08. The molecule has 0 spiro atoms. The van der Waals surface area contributed by atoms with E-state index in [1.807, 2.05) is 18.2 Å². The Bertz CT molecular complexity index is 387. The maximum atomic E-state index is 11.4. The summed E-state index contributed by atoms with van der Waals surface area (Å²) in [6.45, 7) is 0.223. The summed E-state index contributed by atoms with van der Waals surface area (Å²) in [6, 6.07) is 10.1. The van der Waals surface area contributed by atoms with E-state index in [0.29, 0.717) is 0 Å². The van der Waals surface area contributed by atoms with Crippen molar-refractivity contribution in [1.29, 1.82) is 0 Å². The van der Waals surface area contributed by atoms with Gasteiger partial charge in [0.15, 0.2) is 9.84 Å². The van der Waals surface area contributed by atoms with Crippen molar-refractivity contribution >= 4 is 9.84 Å². The largest absolute Gasteiger partial charge is 0.329 e. The predicted molar refractivity (Wildman–Crippen MR) is 67.1 cm³/mol. The van der Waals surface area contributed by atoms with Gasteiger partial charge in [-0.1, -0.05) is 30.3 Å². The van der Waals surface area contributed by atoms with Crippen LogP contribution < -0.4 is 5.73 Å². The second-order valence-electron chi connectivity index (χ2n) is 3.88. The van der Waals surface area contributed by atoms with Crippen LogP contribution in [-0.4, -0.2) is 26.5 Å². The van der Waals surface area contributed by atoms with E-state index in [4.69, 9.17) is 5.73 Å². The first kappa shape index (κ1) is 13.2. The molecule has 0 saturated carbocycles. The van der Waals surface area contributed by atoms with Gasteiger partial charge < -0.3 is 5.73 Å². The first-order chi connectivity index (χ1) is 7.64. The van der Waals surface area contributed by atoms with E-state index >= 15 is 0 Å². The van der Waals surface area contributed by atoms with Gasteiger partial charge in [-0.05, 0) is 24.8 Å². The molecule has 0 aliphatic heterocycles. The van der Waals surface area contributed by atoms with Crippen LogP contribution in [0.5, 0.6) is 0 Å².